The summed E-state index contributed by atoms with van der Waals surface area (Å²) in [6.45, 7) is 7.93. The number of primary amides is 1. The molecule has 0 aliphatic carbocycles. The summed E-state index contributed by atoms with van der Waals surface area (Å²) in [6.07, 6.45) is 4.31. The van der Waals surface area contributed by atoms with Crippen molar-refractivity contribution in [2.75, 3.05) is 0 Å². The Kier molecular flexibility index (Phi) is 2.86. The molecule has 0 bridgehead atoms. The summed E-state index contributed by atoms with van der Waals surface area (Å²) >= 11 is 0. The Balaban J connectivity index is 1.98. The first-order chi connectivity index (χ1) is 9.71. The van der Waals surface area contributed by atoms with E-state index in [0.29, 0.717) is 11.0 Å². The molecule has 3 heterocycles. The minimum atomic E-state index is -0.697. The second-order valence-corrected chi connectivity index (χ2v) is 6.09. The van der Waals surface area contributed by atoms with Crippen LogP contribution in [0.3, 0.4) is 0 Å². The van der Waals surface area contributed by atoms with Gasteiger partial charge in [0.25, 0.3) is 0 Å². The molecule has 8 heteroatoms. The molecule has 2 N–H and O–H groups in total. The summed E-state index contributed by atoms with van der Waals surface area (Å²) in [5.41, 5.74) is 5.48. The van der Waals surface area contributed by atoms with Gasteiger partial charge in [0.1, 0.15) is 6.20 Å². The number of hydrogen-bond donors (Lipinski definition) is 1. The van der Waals surface area contributed by atoms with E-state index in [1.807, 2.05) is 27.7 Å². The van der Waals surface area contributed by atoms with E-state index in [1.54, 1.807) is 12.3 Å². The third-order valence-corrected chi connectivity index (χ3v) is 4.09. The molecule has 1 amide bonds. The van der Waals surface area contributed by atoms with Crippen molar-refractivity contribution in [1.29, 1.82) is 0 Å². The lowest BCUT2D eigenvalue weighted by molar-refractivity contribution is 0.00578. The zero-order valence-electron chi connectivity index (χ0n) is 12.4. The first kappa shape index (κ1) is 14.0. The van der Waals surface area contributed by atoms with Crippen molar-refractivity contribution < 1.29 is 14.1 Å². The third-order valence-electron chi connectivity index (χ3n) is 4.09. The summed E-state index contributed by atoms with van der Waals surface area (Å²) in [6, 6.07) is 1.09. The Morgan fingerprint density at radius 2 is 1.95 bits per heavy atom. The van der Waals surface area contributed by atoms with Gasteiger partial charge in [-0.2, -0.15) is 9.78 Å². The number of pyridine rings is 1. The Morgan fingerprint density at radius 1 is 1.33 bits per heavy atom. The van der Waals surface area contributed by atoms with Crippen LogP contribution in [-0.4, -0.2) is 39.1 Å². The number of fused-ring (bicyclic) bond motifs is 1. The van der Waals surface area contributed by atoms with Crippen molar-refractivity contribution in [3.63, 3.8) is 0 Å². The number of carbonyl (C=O) groups excluding carboxylic acids is 1. The molecule has 0 saturated carbocycles. The van der Waals surface area contributed by atoms with Gasteiger partial charge in [-0.3, -0.25) is 0 Å². The average Bonchev–Trinajstić information content (AvgIpc) is 2.87. The molecule has 0 aromatic carbocycles. The molecule has 1 aliphatic rings. The third kappa shape index (κ3) is 2.11. The van der Waals surface area contributed by atoms with Gasteiger partial charge in [0, 0.05) is 17.0 Å². The summed E-state index contributed by atoms with van der Waals surface area (Å²) in [7, 11) is -0.516. The van der Waals surface area contributed by atoms with E-state index < -0.39 is 24.4 Å². The summed E-state index contributed by atoms with van der Waals surface area (Å²) in [4.78, 5) is 15.4. The minimum absolute atomic E-state index is 0.364. The van der Waals surface area contributed by atoms with Crippen LogP contribution < -0.4 is 11.2 Å². The van der Waals surface area contributed by atoms with E-state index in [4.69, 9.17) is 15.0 Å². The lowest BCUT2D eigenvalue weighted by Gasteiger charge is -2.32. The van der Waals surface area contributed by atoms with Gasteiger partial charge in [-0.25, -0.2) is 9.78 Å². The van der Waals surface area contributed by atoms with Gasteiger partial charge in [0.05, 0.1) is 11.2 Å². The zero-order chi connectivity index (χ0) is 15.4. The molecule has 1 radical (unpaired) electrons. The van der Waals surface area contributed by atoms with E-state index in [2.05, 4.69) is 16.3 Å². The fraction of sp³-hybridized carbons (Fsp3) is 0.462. The topological polar surface area (TPSA) is 92.3 Å². The van der Waals surface area contributed by atoms with E-state index >= 15 is 0 Å². The Morgan fingerprint density at radius 3 is 2.52 bits per heavy atom. The molecule has 2 aromatic heterocycles. The molecule has 21 heavy (non-hydrogen) atoms. The SMILES string of the molecule is CC1(C)OB(c2cnc3c([c]nn3C(N)=O)c2)OC1(C)C. The van der Waals surface area contributed by atoms with E-state index in [0.717, 1.165) is 10.1 Å². The van der Waals surface area contributed by atoms with Crippen molar-refractivity contribution in [1.82, 2.24) is 14.8 Å². The molecule has 1 fully saturated rings. The highest BCUT2D eigenvalue weighted by Gasteiger charge is 2.51. The fourth-order valence-corrected chi connectivity index (χ4v) is 2.14. The van der Waals surface area contributed by atoms with E-state index in [9.17, 15) is 4.79 Å². The van der Waals surface area contributed by atoms with Crippen molar-refractivity contribution in [2.24, 2.45) is 5.73 Å². The highest BCUT2D eigenvalue weighted by Crippen LogP contribution is 2.36. The molecule has 0 spiro atoms. The van der Waals surface area contributed by atoms with Crippen molar-refractivity contribution in [3.8, 4) is 0 Å². The number of nitrogens with two attached hydrogens (primary N) is 1. The zero-order valence-corrected chi connectivity index (χ0v) is 12.4. The Bertz CT molecular complexity index is 709. The van der Waals surface area contributed by atoms with E-state index in [1.165, 1.54) is 0 Å². The standard InChI is InChI=1S/C13H16BN4O3/c1-12(2)13(3,4)21-14(20-12)9-5-8-6-17-18(11(15)19)10(8)16-7-9/h5,7H,1-4H3,(H2,15,19). The smallest absolute Gasteiger partial charge is 0.399 e. The fourth-order valence-electron chi connectivity index (χ4n) is 2.14. The maximum absolute atomic E-state index is 11.2. The number of nitrogens with zero attached hydrogens (tertiary/aromatic N) is 3. The van der Waals surface area contributed by atoms with Gasteiger partial charge < -0.3 is 15.0 Å². The normalized spacial score (nSPS) is 20.1. The van der Waals surface area contributed by atoms with Gasteiger partial charge in [-0.1, -0.05) is 0 Å². The second-order valence-electron chi connectivity index (χ2n) is 6.09. The number of amides is 1. The maximum atomic E-state index is 11.2. The molecule has 2 aromatic rings. The van der Waals surface area contributed by atoms with Crippen LogP contribution in [-0.2, 0) is 9.31 Å². The van der Waals surface area contributed by atoms with Crippen LogP contribution >= 0.6 is 0 Å². The van der Waals surface area contributed by atoms with Crippen LogP contribution in [0.15, 0.2) is 12.3 Å². The van der Waals surface area contributed by atoms with Crippen LogP contribution in [0.25, 0.3) is 11.0 Å². The molecule has 109 valence electrons. The largest absolute Gasteiger partial charge is 0.496 e. The summed E-state index contributed by atoms with van der Waals surface area (Å²) < 4.78 is 12.9. The lowest BCUT2D eigenvalue weighted by atomic mass is 9.80. The van der Waals surface area contributed by atoms with Gasteiger partial charge in [-0.05, 0) is 33.8 Å². The highest BCUT2D eigenvalue weighted by molar-refractivity contribution is 6.62. The van der Waals surface area contributed by atoms with Gasteiger partial charge in [0.2, 0.25) is 0 Å². The molecule has 1 saturated heterocycles. The van der Waals surface area contributed by atoms with Crippen LogP contribution in [0, 0.1) is 6.20 Å². The molecule has 0 atom stereocenters. The Labute approximate surface area is 122 Å². The van der Waals surface area contributed by atoms with Crippen LogP contribution in [0.2, 0.25) is 0 Å². The molecule has 7 nitrogen and oxygen atoms in total. The molecule has 1 aliphatic heterocycles. The minimum Gasteiger partial charge on any atom is -0.399 e. The van der Waals surface area contributed by atoms with Crippen LogP contribution in [0.5, 0.6) is 0 Å². The van der Waals surface area contributed by atoms with Gasteiger partial charge in [0.15, 0.2) is 5.65 Å². The number of aromatic nitrogens is 3. The monoisotopic (exact) mass is 287 g/mol. The average molecular weight is 287 g/mol. The van der Waals surface area contributed by atoms with Crippen LogP contribution in [0.4, 0.5) is 4.79 Å². The lowest BCUT2D eigenvalue weighted by Crippen LogP contribution is -2.41. The molecular formula is C13H16BN4O3. The van der Waals surface area contributed by atoms with E-state index in [-0.39, 0.29) is 0 Å². The summed E-state index contributed by atoms with van der Waals surface area (Å²) in [5, 5.41) is 4.38. The predicted molar refractivity (Wildman–Crippen MR) is 77.1 cm³/mol. The van der Waals surface area contributed by atoms with Gasteiger partial charge in [-0.15, -0.1) is 0 Å². The Hall–Kier alpha value is -1.93. The predicted octanol–water partition coefficient (Wildman–Crippen LogP) is 0.457. The summed E-state index contributed by atoms with van der Waals surface area (Å²) in [5.74, 6) is 0. The number of carbonyl (C=O) groups is 1. The molecular weight excluding hydrogens is 271 g/mol. The van der Waals surface area contributed by atoms with Crippen molar-refractivity contribution in [2.45, 2.75) is 38.9 Å². The second kappa shape index (κ2) is 4.28. The van der Waals surface area contributed by atoms with Crippen LogP contribution in [0.1, 0.15) is 27.7 Å². The molecule has 0 unspecified atom stereocenters. The van der Waals surface area contributed by atoms with Crippen molar-refractivity contribution in [3.05, 3.63) is 18.5 Å². The van der Waals surface area contributed by atoms with Gasteiger partial charge >= 0.3 is 13.1 Å². The first-order valence-corrected chi connectivity index (χ1v) is 6.63. The number of hydrogen-bond acceptors (Lipinski definition) is 5. The maximum Gasteiger partial charge on any atom is 0.496 e. The molecule has 3 rings (SSSR count). The first-order valence-electron chi connectivity index (χ1n) is 6.63. The quantitative estimate of drug-likeness (QED) is 0.769. The van der Waals surface area contributed by atoms with Crippen molar-refractivity contribution >= 4 is 29.6 Å². The highest BCUT2D eigenvalue weighted by atomic mass is 16.7. The number of rotatable bonds is 1.